The van der Waals surface area contributed by atoms with Crippen molar-refractivity contribution in [1.82, 2.24) is 19.4 Å². The first-order valence-corrected chi connectivity index (χ1v) is 12.6. The number of carbonyl (C=O) groups excluding carboxylic acids is 1. The molecule has 1 saturated heterocycles. The van der Waals surface area contributed by atoms with E-state index in [1.165, 1.54) is 24.8 Å². The molecule has 1 fully saturated rings. The fraction of sp³-hybridized carbons (Fsp3) is 0.464. The van der Waals surface area contributed by atoms with E-state index < -0.39 is 0 Å². The molecule has 0 bridgehead atoms. The largest absolute Gasteiger partial charge is 0.336 e. The van der Waals surface area contributed by atoms with E-state index in [2.05, 4.69) is 30.9 Å². The highest BCUT2D eigenvalue weighted by Gasteiger charge is 2.29. The van der Waals surface area contributed by atoms with Gasteiger partial charge in [0.05, 0.1) is 16.9 Å². The highest BCUT2D eigenvalue weighted by Crippen LogP contribution is 2.25. The van der Waals surface area contributed by atoms with E-state index in [-0.39, 0.29) is 17.5 Å². The van der Waals surface area contributed by atoms with Crippen LogP contribution in [-0.2, 0) is 13.5 Å². The monoisotopic (exact) mass is 460 g/mol. The summed E-state index contributed by atoms with van der Waals surface area (Å²) in [5, 5.41) is 0.649. The summed E-state index contributed by atoms with van der Waals surface area (Å²) in [6.45, 7) is 7.23. The summed E-state index contributed by atoms with van der Waals surface area (Å²) in [6, 6.07) is 15.7. The lowest BCUT2D eigenvalue weighted by atomic mass is 10.0. The standard InChI is InChI=1S/C28H36N4O2/c1-4-6-7-10-21-13-15-22(16-14-21)27(33)32-19-17-31(18-20-32)25(5-2)26-29-24-12-9-8-11-23(24)28(34)30(26)3/h8-9,11-16,25H,4-7,10,17-20H2,1-3H3. The van der Waals surface area contributed by atoms with Crippen molar-refractivity contribution in [3.63, 3.8) is 0 Å². The van der Waals surface area contributed by atoms with Gasteiger partial charge in [0.15, 0.2) is 0 Å². The number of unbranched alkanes of at least 4 members (excludes halogenated alkanes) is 2. The SMILES string of the molecule is CCCCCc1ccc(C(=O)N2CCN(C(CC)c3nc4ccccc4c(=O)n3C)CC2)cc1. The van der Waals surface area contributed by atoms with Crippen molar-refractivity contribution in [2.75, 3.05) is 26.2 Å². The zero-order valence-electron chi connectivity index (χ0n) is 20.7. The van der Waals surface area contributed by atoms with E-state index in [9.17, 15) is 9.59 Å². The molecule has 0 spiro atoms. The maximum atomic E-state index is 13.1. The van der Waals surface area contributed by atoms with Crippen molar-refractivity contribution >= 4 is 16.8 Å². The van der Waals surface area contributed by atoms with Crippen LogP contribution in [0.2, 0.25) is 0 Å². The number of nitrogens with zero attached hydrogens (tertiary/aromatic N) is 4. The summed E-state index contributed by atoms with van der Waals surface area (Å²) in [6.07, 6.45) is 5.58. The lowest BCUT2D eigenvalue weighted by molar-refractivity contribution is 0.0550. The van der Waals surface area contributed by atoms with Gasteiger partial charge in [-0.1, -0.05) is 51.0 Å². The fourth-order valence-corrected chi connectivity index (χ4v) is 4.95. The Kier molecular flexibility index (Phi) is 7.78. The molecule has 1 amide bonds. The number of fused-ring (bicyclic) bond motifs is 1. The zero-order valence-corrected chi connectivity index (χ0v) is 20.7. The first-order chi connectivity index (χ1) is 16.5. The number of para-hydroxylation sites is 1. The van der Waals surface area contributed by atoms with Gasteiger partial charge in [0.1, 0.15) is 5.82 Å². The Balaban J connectivity index is 1.43. The molecule has 0 N–H and O–H groups in total. The Morgan fingerprint density at radius 3 is 2.35 bits per heavy atom. The summed E-state index contributed by atoms with van der Waals surface area (Å²) in [5.41, 5.74) is 2.80. The van der Waals surface area contributed by atoms with Crippen LogP contribution in [0.25, 0.3) is 10.9 Å². The minimum atomic E-state index is -0.00833. The minimum absolute atomic E-state index is 0.00833. The van der Waals surface area contributed by atoms with E-state index in [0.29, 0.717) is 18.5 Å². The van der Waals surface area contributed by atoms with Crippen molar-refractivity contribution in [1.29, 1.82) is 0 Å². The third-order valence-electron chi connectivity index (χ3n) is 7.01. The average molecular weight is 461 g/mol. The third-order valence-corrected chi connectivity index (χ3v) is 7.01. The van der Waals surface area contributed by atoms with Gasteiger partial charge in [-0.25, -0.2) is 4.98 Å². The van der Waals surface area contributed by atoms with Crippen LogP contribution in [-0.4, -0.2) is 51.4 Å². The lowest BCUT2D eigenvalue weighted by Crippen LogP contribution is -2.50. The smallest absolute Gasteiger partial charge is 0.261 e. The molecule has 1 atom stereocenters. The number of piperazine rings is 1. The number of hydrogen-bond acceptors (Lipinski definition) is 4. The van der Waals surface area contributed by atoms with E-state index in [0.717, 1.165) is 42.8 Å². The van der Waals surface area contributed by atoms with Crippen molar-refractivity contribution < 1.29 is 4.79 Å². The lowest BCUT2D eigenvalue weighted by Gasteiger charge is -2.39. The van der Waals surface area contributed by atoms with Gasteiger partial charge in [0, 0.05) is 38.8 Å². The third kappa shape index (κ3) is 5.07. The summed E-state index contributed by atoms with van der Waals surface area (Å²) in [4.78, 5) is 35.1. The second-order valence-electron chi connectivity index (χ2n) is 9.26. The van der Waals surface area contributed by atoms with Crippen LogP contribution in [0.1, 0.15) is 67.3 Å². The number of rotatable bonds is 8. The Morgan fingerprint density at radius 1 is 0.971 bits per heavy atom. The molecule has 3 aromatic rings. The van der Waals surface area contributed by atoms with Gasteiger partial charge >= 0.3 is 0 Å². The van der Waals surface area contributed by atoms with Gasteiger partial charge < -0.3 is 4.90 Å². The average Bonchev–Trinajstić information content (AvgIpc) is 2.88. The fourth-order valence-electron chi connectivity index (χ4n) is 4.95. The molecule has 0 aliphatic carbocycles. The van der Waals surface area contributed by atoms with Crippen LogP contribution < -0.4 is 5.56 Å². The number of benzene rings is 2. The van der Waals surface area contributed by atoms with Crippen LogP contribution in [0.15, 0.2) is 53.3 Å². The van der Waals surface area contributed by atoms with Crippen LogP contribution in [0.5, 0.6) is 0 Å². The number of amides is 1. The Morgan fingerprint density at radius 2 is 1.68 bits per heavy atom. The highest BCUT2D eigenvalue weighted by atomic mass is 16.2. The van der Waals surface area contributed by atoms with Crippen LogP contribution in [0.4, 0.5) is 0 Å². The molecule has 4 rings (SSSR count). The van der Waals surface area contributed by atoms with Crippen molar-refractivity contribution in [3.8, 4) is 0 Å². The van der Waals surface area contributed by atoms with Gasteiger partial charge in [-0.3, -0.25) is 19.1 Å². The maximum absolute atomic E-state index is 13.1. The molecule has 1 aromatic heterocycles. The summed E-state index contributed by atoms with van der Waals surface area (Å²) < 4.78 is 1.69. The predicted octanol–water partition coefficient (Wildman–Crippen LogP) is 4.58. The van der Waals surface area contributed by atoms with Gasteiger partial charge in [-0.15, -0.1) is 0 Å². The Bertz CT molecular complexity index is 1180. The number of carbonyl (C=O) groups is 1. The van der Waals surface area contributed by atoms with E-state index >= 15 is 0 Å². The summed E-state index contributed by atoms with van der Waals surface area (Å²) in [7, 11) is 1.81. The molecule has 0 saturated carbocycles. The normalized spacial score (nSPS) is 15.6. The van der Waals surface area contributed by atoms with Gasteiger partial charge in [0.25, 0.3) is 11.5 Å². The maximum Gasteiger partial charge on any atom is 0.261 e. The molecular formula is C28H36N4O2. The molecule has 1 unspecified atom stereocenters. The zero-order chi connectivity index (χ0) is 24.1. The minimum Gasteiger partial charge on any atom is -0.336 e. The van der Waals surface area contributed by atoms with Gasteiger partial charge in [-0.05, 0) is 49.1 Å². The molecule has 1 aliphatic heterocycles. The predicted molar refractivity (Wildman–Crippen MR) is 137 cm³/mol. The highest BCUT2D eigenvalue weighted by molar-refractivity contribution is 5.94. The molecule has 0 radical (unpaired) electrons. The molecule has 6 heteroatoms. The van der Waals surface area contributed by atoms with E-state index in [4.69, 9.17) is 4.98 Å². The molecule has 180 valence electrons. The first-order valence-electron chi connectivity index (χ1n) is 12.6. The summed E-state index contributed by atoms with van der Waals surface area (Å²) >= 11 is 0. The Labute approximate surface area is 202 Å². The Hall–Kier alpha value is -2.99. The quantitative estimate of drug-likeness (QED) is 0.462. The molecule has 34 heavy (non-hydrogen) atoms. The molecule has 2 aromatic carbocycles. The molecular weight excluding hydrogens is 424 g/mol. The summed E-state index contributed by atoms with van der Waals surface area (Å²) in [5.74, 6) is 0.897. The van der Waals surface area contributed by atoms with Crippen LogP contribution in [0, 0.1) is 0 Å². The number of aryl methyl sites for hydroxylation is 1. The first kappa shape index (κ1) is 24.1. The van der Waals surface area contributed by atoms with Crippen molar-refractivity contribution in [3.05, 3.63) is 75.8 Å². The number of hydrogen-bond donors (Lipinski definition) is 0. The van der Waals surface area contributed by atoms with Gasteiger partial charge in [0.2, 0.25) is 0 Å². The number of aromatic nitrogens is 2. The topological polar surface area (TPSA) is 58.4 Å². The van der Waals surface area contributed by atoms with E-state index in [1.54, 1.807) is 4.57 Å². The van der Waals surface area contributed by atoms with Crippen LogP contribution >= 0.6 is 0 Å². The van der Waals surface area contributed by atoms with Gasteiger partial charge in [-0.2, -0.15) is 0 Å². The molecule has 6 nitrogen and oxygen atoms in total. The second-order valence-corrected chi connectivity index (χ2v) is 9.26. The van der Waals surface area contributed by atoms with Crippen molar-refractivity contribution in [2.24, 2.45) is 7.05 Å². The second kappa shape index (κ2) is 11.0. The van der Waals surface area contributed by atoms with Crippen molar-refractivity contribution in [2.45, 2.75) is 52.0 Å². The van der Waals surface area contributed by atoms with Crippen LogP contribution in [0.3, 0.4) is 0 Å². The van der Waals surface area contributed by atoms with E-state index in [1.807, 2.05) is 48.3 Å². The molecule has 2 heterocycles. The molecule has 1 aliphatic rings.